The first-order valence-electron chi connectivity index (χ1n) is 4.30. The second kappa shape index (κ2) is 4.08. The standard InChI is InChI=1S/C8H12N2O4/c1-4(8(13)14)10-7(12)5-2-6(11)9-3-5/h4-5H,2-3H2,1H3,(H,9,11)(H,10,12)(H,13,14)/t4-,5?/m1/s1. The first-order valence-corrected chi connectivity index (χ1v) is 4.30. The smallest absolute Gasteiger partial charge is 0.325 e. The highest BCUT2D eigenvalue weighted by Gasteiger charge is 2.29. The lowest BCUT2D eigenvalue weighted by Crippen LogP contribution is -2.42. The molecular formula is C8H12N2O4. The van der Waals surface area contributed by atoms with Crippen molar-refractivity contribution in [3.8, 4) is 0 Å². The molecule has 0 aliphatic carbocycles. The van der Waals surface area contributed by atoms with Crippen LogP contribution in [0.15, 0.2) is 0 Å². The maximum atomic E-state index is 11.3. The summed E-state index contributed by atoms with van der Waals surface area (Å²) in [5.74, 6) is -2.09. The average molecular weight is 200 g/mol. The third-order valence-corrected chi connectivity index (χ3v) is 2.08. The first kappa shape index (κ1) is 10.5. The van der Waals surface area contributed by atoms with Crippen LogP contribution >= 0.6 is 0 Å². The molecule has 3 N–H and O–H groups in total. The number of carboxylic acid groups (broad SMARTS) is 1. The molecule has 6 heteroatoms. The molecule has 2 amide bonds. The monoisotopic (exact) mass is 200 g/mol. The predicted molar refractivity (Wildman–Crippen MR) is 46.4 cm³/mol. The van der Waals surface area contributed by atoms with Crippen LogP contribution in [0.5, 0.6) is 0 Å². The molecule has 1 aliphatic rings. The Hall–Kier alpha value is -1.59. The summed E-state index contributed by atoms with van der Waals surface area (Å²) in [7, 11) is 0. The second-order valence-corrected chi connectivity index (χ2v) is 3.27. The summed E-state index contributed by atoms with van der Waals surface area (Å²) in [5.41, 5.74) is 0. The number of nitrogens with one attached hydrogen (secondary N) is 2. The highest BCUT2D eigenvalue weighted by Crippen LogP contribution is 2.08. The van der Waals surface area contributed by atoms with E-state index in [1.807, 2.05) is 0 Å². The van der Waals surface area contributed by atoms with Gasteiger partial charge in [-0.05, 0) is 6.92 Å². The Kier molecular flexibility index (Phi) is 3.06. The predicted octanol–water partition coefficient (Wildman–Crippen LogP) is -1.29. The Morgan fingerprint density at radius 2 is 2.29 bits per heavy atom. The van der Waals surface area contributed by atoms with Crippen LogP contribution in [0.4, 0.5) is 0 Å². The summed E-state index contributed by atoms with van der Waals surface area (Å²) in [6.45, 7) is 1.67. The van der Waals surface area contributed by atoms with E-state index in [2.05, 4.69) is 10.6 Å². The van der Waals surface area contributed by atoms with Crippen molar-refractivity contribution in [2.75, 3.05) is 6.54 Å². The minimum atomic E-state index is -1.09. The van der Waals surface area contributed by atoms with Crippen LogP contribution in [-0.2, 0) is 14.4 Å². The van der Waals surface area contributed by atoms with Crippen molar-refractivity contribution in [2.45, 2.75) is 19.4 Å². The van der Waals surface area contributed by atoms with Gasteiger partial charge in [0, 0.05) is 13.0 Å². The molecular weight excluding hydrogens is 188 g/mol. The summed E-state index contributed by atoms with van der Waals surface area (Å²) in [6.07, 6.45) is 0.137. The zero-order valence-corrected chi connectivity index (χ0v) is 7.74. The molecule has 0 saturated carbocycles. The molecule has 1 aliphatic heterocycles. The Balaban J connectivity index is 2.42. The molecule has 1 saturated heterocycles. The van der Waals surface area contributed by atoms with Crippen LogP contribution in [0.3, 0.4) is 0 Å². The van der Waals surface area contributed by atoms with E-state index in [-0.39, 0.29) is 18.9 Å². The van der Waals surface area contributed by atoms with Gasteiger partial charge in [-0.15, -0.1) is 0 Å². The molecule has 78 valence electrons. The van der Waals surface area contributed by atoms with Gasteiger partial charge in [0.2, 0.25) is 11.8 Å². The highest BCUT2D eigenvalue weighted by atomic mass is 16.4. The van der Waals surface area contributed by atoms with E-state index in [0.29, 0.717) is 0 Å². The Morgan fingerprint density at radius 3 is 2.71 bits per heavy atom. The van der Waals surface area contributed by atoms with Crippen molar-refractivity contribution >= 4 is 17.8 Å². The van der Waals surface area contributed by atoms with Crippen LogP contribution in [0.2, 0.25) is 0 Å². The summed E-state index contributed by atoms with van der Waals surface area (Å²) < 4.78 is 0. The zero-order chi connectivity index (χ0) is 10.7. The largest absolute Gasteiger partial charge is 0.480 e. The number of carbonyl (C=O) groups excluding carboxylic acids is 2. The lowest BCUT2D eigenvalue weighted by Gasteiger charge is -2.12. The van der Waals surface area contributed by atoms with Crippen molar-refractivity contribution in [3.63, 3.8) is 0 Å². The van der Waals surface area contributed by atoms with Gasteiger partial charge in [0.05, 0.1) is 5.92 Å². The normalized spacial score (nSPS) is 22.6. The summed E-state index contributed by atoms with van der Waals surface area (Å²) in [6, 6.07) is -0.918. The number of carbonyl (C=O) groups is 3. The third kappa shape index (κ3) is 2.45. The van der Waals surface area contributed by atoms with E-state index in [0.717, 1.165) is 0 Å². The first-order chi connectivity index (χ1) is 6.50. The van der Waals surface area contributed by atoms with Gasteiger partial charge in [0.25, 0.3) is 0 Å². The van der Waals surface area contributed by atoms with Gasteiger partial charge in [-0.3, -0.25) is 14.4 Å². The maximum absolute atomic E-state index is 11.3. The van der Waals surface area contributed by atoms with Crippen LogP contribution in [0.1, 0.15) is 13.3 Å². The van der Waals surface area contributed by atoms with Crippen molar-refractivity contribution < 1.29 is 19.5 Å². The van der Waals surface area contributed by atoms with Crippen molar-refractivity contribution in [2.24, 2.45) is 5.92 Å². The Morgan fingerprint density at radius 1 is 1.64 bits per heavy atom. The molecule has 0 aromatic rings. The van der Waals surface area contributed by atoms with E-state index in [9.17, 15) is 14.4 Å². The minimum absolute atomic E-state index is 0.137. The van der Waals surface area contributed by atoms with Crippen molar-refractivity contribution in [3.05, 3.63) is 0 Å². The number of hydrogen-bond donors (Lipinski definition) is 3. The van der Waals surface area contributed by atoms with Gasteiger partial charge < -0.3 is 15.7 Å². The molecule has 1 rings (SSSR count). The average Bonchev–Trinajstić information content (AvgIpc) is 2.51. The molecule has 6 nitrogen and oxygen atoms in total. The molecule has 1 unspecified atom stereocenters. The van der Waals surface area contributed by atoms with E-state index in [1.165, 1.54) is 6.92 Å². The number of carboxylic acids is 1. The van der Waals surface area contributed by atoms with Crippen LogP contribution in [0.25, 0.3) is 0 Å². The molecule has 0 spiro atoms. The lowest BCUT2D eigenvalue weighted by molar-refractivity contribution is -0.141. The number of rotatable bonds is 3. The fraction of sp³-hybridized carbons (Fsp3) is 0.625. The molecule has 0 aromatic heterocycles. The van der Waals surface area contributed by atoms with E-state index < -0.39 is 23.8 Å². The van der Waals surface area contributed by atoms with Gasteiger partial charge in [-0.25, -0.2) is 0 Å². The van der Waals surface area contributed by atoms with Crippen LogP contribution < -0.4 is 10.6 Å². The number of amides is 2. The molecule has 14 heavy (non-hydrogen) atoms. The molecule has 0 aromatic carbocycles. The van der Waals surface area contributed by atoms with Crippen molar-refractivity contribution in [1.29, 1.82) is 0 Å². The summed E-state index contributed by atoms with van der Waals surface area (Å²) in [5, 5.41) is 13.3. The van der Waals surface area contributed by atoms with Gasteiger partial charge >= 0.3 is 5.97 Å². The van der Waals surface area contributed by atoms with Crippen LogP contribution in [0, 0.1) is 5.92 Å². The fourth-order valence-electron chi connectivity index (χ4n) is 1.18. The SMILES string of the molecule is C[C@@H](NC(=O)C1CNC(=O)C1)C(=O)O. The van der Waals surface area contributed by atoms with Gasteiger partial charge in [0.1, 0.15) is 6.04 Å². The van der Waals surface area contributed by atoms with E-state index >= 15 is 0 Å². The molecule has 0 bridgehead atoms. The van der Waals surface area contributed by atoms with Gasteiger partial charge in [-0.1, -0.05) is 0 Å². The van der Waals surface area contributed by atoms with E-state index in [1.54, 1.807) is 0 Å². The zero-order valence-electron chi connectivity index (χ0n) is 7.74. The highest BCUT2D eigenvalue weighted by molar-refractivity contribution is 5.91. The number of aliphatic carboxylic acids is 1. The third-order valence-electron chi connectivity index (χ3n) is 2.08. The molecule has 1 heterocycles. The quantitative estimate of drug-likeness (QED) is 0.528. The summed E-state index contributed by atoms with van der Waals surface area (Å²) in [4.78, 5) is 32.5. The molecule has 1 fully saturated rings. The minimum Gasteiger partial charge on any atom is -0.480 e. The van der Waals surface area contributed by atoms with E-state index in [4.69, 9.17) is 5.11 Å². The maximum Gasteiger partial charge on any atom is 0.325 e. The molecule has 2 atom stereocenters. The fourth-order valence-corrected chi connectivity index (χ4v) is 1.18. The van der Waals surface area contributed by atoms with Crippen molar-refractivity contribution in [1.82, 2.24) is 10.6 Å². The topological polar surface area (TPSA) is 95.5 Å². The lowest BCUT2D eigenvalue weighted by atomic mass is 10.1. The second-order valence-electron chi connectivity index (χ2n) is 3.27. The van der Waals surface area contributed by atoms with Gasteiger partial charge in [0.15, 0.2) is 0 Å². The Labute approximate surface area is 80.7 Å². The van der Waals surface area contributed by atoms with Gasteiger partial charge in [-0.2, -0.15) is 0 Å². The number of hydrogen-bond acceptors (Lipinski definition) is 3. The van der Waals surface area contributed by atoms with Crippen LogP contribution in [-0.4, -0.2) is 35.5 Å². The summed E-state index contributed by atoms with van der Waals surface area (Å²) >= 11 is 0. The molecule has 0 radical (unpaired) electrons. The Bertz CT molecular complexity index is 277.